The zero-order valence-electron chi connectivity index (χ0n) is 13.3. The molecule has 1 aliphatic heterocycles. The molecular weight excluding hydrogens is 328 g/mol. The third-order valence-electron chi connectivity index (χ3n) is 4.14. The molecule has 1 heterocycles. The first-order valence-electron chi connectivity index (χ1n) is 7.94. The van der Waals surface area contributed by atoms with Gasteiger partial charge < -0.3 is 10.1 Å². The van der Waals surface area contributed by atoms with Crippen LogP contribution in [0.5, 0.6) is 0 Å². The summed E-state index contributed by atoms with van der Waals surface area (Å²) in [5, 5.41) is 3.61. The SMILES string of the molecule is CCNC(CCN1CC(C)OCC1C)c1cccc(Br)c1. The van der Waals surface area contributed by atoms with Crippen molar-refractivity contribution in [2.45, 2.75) is 45.4 Å². The maximum absolute atomic E-state index is 5.71. The van der Waals surface area contributed by atoms with Gasteiger partial charge in [0.15, 0.2) is 0 Å². The van der Waals surface area contributed by atoms with E-state index in [2.05, 4.69) is 71.2 Å². The van der Waals surface area contributed by atoms with E-state index in [-0.39, 0.29) is 0 Å². The molecule has 118 valence electrons. The van der Waals surface area contributed by atoms with Crippen molar-refractivity contribution >= 4 is 15.9 Å². The zero-order chi connectivity index (χ0) is 15.2. The number of benzene rings is 1. The average Bonchev–Trinajstić information content (AvgIpc) is 2.46. The molecule has 1 aliphatic rings. The monoisotopic (exact) mass is 354 g/mol. The van der Waals surface area contributed by atoms with Crippen LogP contribution in [0.2, 0.25) is 0 Å². The Morgan fingerprint density at radius 2 is 2.24 bits per heavy atom. The molecule has 0 saturated carbocycles. The predicted octanol–water partition coefficient (Wildman–Crippen LogP) is 3.60. The summed E-state index contributed by atoms with van der Waals surface area (Å²) >= 11 is 3.57. The summed E-state index contributed by atoms with van der Waals surface area (Å²) in [7, 11) is 0. The van der Waals surface area contributed by atoms with Gasteiger partial charge in [0.25, 0.3) is 0 Å². The number of rotatable bonds is 6. The lowest BCUT2D eigenvalue weighted by Gasteiger charge is -2.37. The first-order chi connectivity index (χ1) is 10.1. The van der Waals surface area contributed by atoms with E-state index in [4.69, 9.17) is 4.74 Å². The summed E-state index contributed by atoms with van der Waals surface area (Å²) < 4.78 is 6.86. The molecule has 1 saturated heterocycles. The molecule has 0 spiro atoms. The van der Waals surface area contributed by atoms with Crippen LogP contribution in [0.1, 0.15) is 38.8 Å². The predicted molar refractivity (Wildman–Crippen MR) is 91.6 cm³/mol. The molecular formula is C17H27BrN2O. The molecule has 3 nitrogen and oxygen atoms in total. The normalized spacial score (nSPS) is 25.0. The Morgan fingerprint density at radius 3 is 2.95 bits per heavy atom. The van der Waals surface area contributed by atoms with E-state index in [9.17, 15) is 0 Å². The minimum Gasteiger partial charge on any atom is -0.376 e. The van der Waals surface area contributed by atoms with Crippen molar-refractivity contribution in [1.82, 2.24) is 10.2 Å². The van der Waals surface area contributed by atoms with Gasteiger partial charge in [-0.2, -0.15) is 0 Å². The standard InChI is InChI=1S/C17H27BrN2O/c1-4-19-17(15-6-5-7-16(18)10-15)8-9-20-11-14(3)21-12-13(20)2/h5-7,10,13-14,17,19H,4,8-9,11-12H2,1-3H3. The van der Waals surface area contributed by atoms with Gasteiger partial charge in [0.05, 0.1) is 12.7 Å². The molecule has 1 N–H and O–H groups in total. The highest BCUT2D eigenvalue weighted by Gasteiger charge is 2.24. The van der Waals surface area contributed by atoms with E-state index in [1.165, 1.54) is 5.56 Å². The Hall–Kier alpha value is -0.420. The lowest BCUT2D eigenvalue weighted by atomic mass is 10.0. The van der Waals surface area contributed by atoms with Gasteiger partial charge in [0.2, 0.25) is 0 Å². The Labute approximate surface area is 137 Å². The second kappa shape index (κ2) is 8.28. The summed E-state index contributed by atoms with van der Waals surface area (Å²) in [4.78, 5) is 2.55. The molecule has 0 radical (unpaired) electrons. The molecule has 3 atom stereocenters. The molecule has 4 heteroatoms. The Bertz CT molecular complexity index is 441. The molecule has 0 bridgehead atoms. The highest BCUT2D eigenvalue weighted by atomic mass is 79.9. The maximum atomic E-state index is 5.71. The van der Waals surface area contributed by atoms with Crippen LogP contribution in [0.4, 0.5) is 0 Å². The van der Waals surface area contributed by atoms with Crippen LogP contribution in [0, 0.1) is 0 Å². The fraction of sp³-hybridized carbons (Fsp3) is 0.647. The van der Waals surface area contributed by atoms with Crippen molar-refractivity contribution in [2.75, 3.05) is 26.2 Å². The number of nitrogens with zero attached hydrogens (tertiary/aromatic N) is 1. The second-order valence-electron chi connectivity index (χ2n) is 5.94. The minimum absolute atomic E-state index is 0.352. The van der Waals surface area contributed by atoms with Gasteiger partial charge >= 0.3 is 0 Å². The van der Waals surface area contributed by atoms with Crippen LogP contribution in [0.15, 0.2) is 28.7 Å². The van der Waals surface area contributed by atoms with Gasteiger partial charge in [-0.3, -0.25) is 4.90 Å². The van der Waals surface area contributed by atoms with Gasteiger partial charge in [-0.1, -0.05) is 35.0 Å². The molecule has 2 rings (SSSR count). The van der Waals surface area contributed by atoms with Crippen molar-refractivity contribution in [3.05, 3.63) is 34.3 Å². The van der Waals surface area contributed by atoms with Crippen LogP contribution >= 0.6 is 15.9 Å². The van der Waals surface area contributed by atoms with E-state index in [1.54, 1.807) is 0 Å². The highest BCUT2D eigenvalue weighted by molar-refractivity contribution is 9.10. The van der Waals surface area contributed by atoms with E-state index in [1.807, 2.05) is 0 Å². The topological polar surface area (TPSA) is 24.5 Å². The summed E-state index contributed by atoms with van der Waals surface area (Å²) in [6.07, 6.45) is 1.48. The smallest absolute Gasteiger partial charge is 0.0674 e. The zero-order valence-corrected chi connectivity index (χ0v) is 14.9. The molecule has 0 amide bonds. The minimum atomic E-state index is 0.352. The lowest BCUT2D eigenvalue weighted by Crippen LogP contribution is -2.48. The van der Waals surface area contributed by atoms with Crippen LogP contribution in [0.3, 0.4) is 0 Å². The van der Waals surface area contributed by atoms with Crippen molar-refractivity contribution < 1.29 is 4.74 Å². The fourth-order valence-corrected chi connectivity index (χ4v) is 3.35. The molecule has 1 fully saturated rings. The molecule has 3 unspecified atom stereocenters. The van der Waals surface area contributed by atoms with Gasteiger partial charge in [-0.05, 0) is 44.5 Å². The summed E-state index contributed by atoms with van der Waals surface area (Å²) in [5.41, 5.74) is 1.36. The average molecular weight is 355 g/mol. The Kier molecular flexibility index (Phi) is 6.68. The van der Waals surface area contributed by atoms with Crippen LogP contribution in [-0.4, -0.2) is 43.3 Å². The first kappa shape index (κ1) is 16.9. The maximum Gasteiger partial charge on any atom is 0.0674 e. The Morgan fingerprint density at radius 1 is 1.43 bits per heavy atom. The van der Waals surface area contributed by atoms with E-state index >= 15 is 0 Å². The summed E-state index contributed by atoms with van der Waals surface area (Å²) in [6.45, 7) is 10.6. The first-order valence-corrected chi connectivity index (χ1v) is 8.74. The van der Waals surface area contributed by atoms with Crippen molar-refractivity contribution in [3.63, 3.8) is 0 Å². The Balaban J connectivity index is 1.96. The number of ether oxygens (including phenoxy) is 1. The van der Waals surface area contributed by atoms with E-state index in [0.717, 1.165) is 37.1 Å². The number of nitrogens with one attached hydrogen (secondary N) is 1. The summed E-state index contributed by atoms with van der Waals surface area (Å²) in [6, 6.07) is 9.56. The van der Waals surface area contributed by atoms with Crippen molar-refractivity contribution in [2.24, 2.45) is 0 Å². The third kappa shape index (κ3) is 5.06. The highest BCUT2D eigenvalue weighted by Crippen LogP contribution is 2.22. The molecule has 0 aromatic heterocycles. The van der Waals surface area contributed by atoms with Crippen LogP contribution < -0.4 is 5.32 Å². The van der Waals surface area contributed by atoms with E-state index < -0.39 is 0 Å². The van der Waals surface area contributed by atoms with Gasteiger partial charge in [-0.15, -0.1) is 0 Å². The number of morpholine rings is 1. The molecule has 1 aromatic rings. The quantitative estimate of drug-likeness (QED) is 0.844. The number of hydrogen-bond acceptors (Lipinski definition) is 3. The van der Waals surface area contributed by atoms with E-state index in [0.29, 0.717) is 18.2 Å². The fourth-order valence-electron chi connectivity index (χ4n) is 2.93. The van der Waals surface area contributed by atoms with Crippen molar-refractivity contribution in [3.8, 4) is 0 Å². The largest absolute Gasteiger partial charge is 0.376 e. The molecule has 0 aliphatic carbocycles. The second-order valence-corrected chi connectivity index (χ2v) is 6.86. The third-order valence-corrected chi connectivity index (χ3v) is 4.64. The lowest BCUT2D eigenvalue weighted by molar-refractivity contribution is -0.0502. The van der Waals surface area contributed by atoms with Crippen LogP contribution in [0.25, 0.3) is 0 Å². The van der Waals surface area contributed by atoms with Gasteiger partial charge in [0.1, 0.15) is 0 Å². The number of halogens is 1. The van der Waals surface area contributed by atoms with Gasteiger partial charge in [-0.25, -0.2) is 0 Å². The molecule has 21 heavy (non-hydrogen) atoms. The van der Waals surface area contributed by atoms with Crippen molar-refractivity contribution in [1.29, 1.82) is 0 Å². The summed E-state index contributed by atoms with van der Waals surface area (Å²) in [5.74, 6) is 0. The molecule has 1 aromatic carbocycles. The number of hydrogen-bond donors (Lipinski definition) is 1. The van der Waals surface area contributed by atoms with Gasteiger partial charge in [0, 0.05) is 29.6 Å². The van der Waals surface area contributed by atoms with Crippen LogP contribution in [-0.2, 0) is 4.74 Å².